The van der Waals surface area contributed by atoms with Crippen LogP contribution in [0.15, 0.2) is 0 Å². The Kier molecular flexibility index (Phi) is 5.27. The molecule has 0 aliphatic carbocycles. The van der Waals surface area contributed by atoms with E-state index in [-0.39, 0.29) is 18.0 Å². The lowest BCUT2D eigenvalue weighted by molar-refractivity contribution is 0.00318. The Labute approximate surface area is 152 Å². The number of nitrogens with zero attached hydrogens (tertiary/aromatic N) is 4. The van der Waals surface area contributed by atoms with Gasteiger partial charge in [0.25, 0.3) is 5.91 Å². The molecular formula is C17H26N4O3S. The molecule has 2 aliphatic heterocycles. The second kappa shape index (κ2) is 7.27. The summed E-state index contributed by atoms with van der Waals surface area (Å²) in [6.45, 7) is 8.01. The fourth-order valence-electron chi connectivity index (χ4n) is 3.68. The Bertz CT molecular complexity index is 640. The molecule has 0 unspecified atom stereocenters. The third-order valence-electron chi connectivity index (χ3n) is 5.28. The Morgan fingerprint density at radius 1 is 1.36 bits per heavy atom. The summed E-state index contributed by atoms with van der Waals surface area (Å²) in [6, 6.07) is 0.201. The highest BCUT2D eigenvalue weighted by Crippen LogP contribution is 2.35. The minimum absolute atomic E-state index is 0.00207. The van der Waals surface area contributed by atoms with Gasteiger partial charge >= 0.3 is 6.09 Å². The van der Waals surface area contributed by atoms with Gasteiger partial charge in [0.2, 0.25) is 0 Å². The number of hydrogen-bond donors (Lipinski definition) is 0. The van der Waals surface area contributed by atoms with Gasteiger partial charge in [0.15, 0.2) is 0 Å². The molecule has 0 N–H and O–H groups in total. The average molecular weight is 366 g/mol. The van der Waals surface area contributed by atoms with Gasteiger partial charge in [-0.2, -0.15) is 0 Å². The van der Waals surface area contributed by atoms with E-state index in [1.807, 2.05) is 16.7 Å². The number of carbonyl (C=O) groups excluding carboxylic acids is 2. The largest absolute Gasteiger partial charge is 0.441 e. The Hall–Kier alpha value is -1.70. The first-order valence-corrected chi connectivity index (χ1v) is 9.87. The molecule has 1 aromatic rings. The lowest BCUT2D eigenvalue weighted by atomic mass is 9.90. The van der Waals surface area contributed by atoms with Crippen molar-refractivity contribution in [1.82, 2.24) is 19.4 Å². The summed E-state index contributed by atoms with van der Waals surface area (Å²) in [5.41, 5.74) is 0.331. The molecule has 1 aromatic heterocycles. The molecule has 0 saturated carbocycles. The lowest BCUT2D eigenvalue weighted by Gasteiger charge is -2.37. The zero-order chi connectivity index (χ0) is 18.0. The van der Waals surface area contributed by atoms with Gasteiger partial charge in [0.1, 0.15) is 10.5 Å². The predicted molar refractivity (Wildman–Crippen MR) is 94.7 cm³/mol. The number of aryl methyl sites for hydroxylation is 1. The van der Waals surface area contributed by atoms with E-state index in [1.165, 1.54) is 0 Å². The van der Waals surface area contributed by atoms with Gasteiger partial charge in [-0.25, -0.2) is 4.79 Å². The number of likely N-dealkylation sites (tertiary alicyclic amines) is 1. The van der Waals surface area contributed by atoms with E-state index in [9.17, 15) is 9.59 Å². The Morgan fingerprint density at radius 3 is 2.72 bits per heavy atom. The maximum Gasteiger partial charge on any atom is 0.410 e. The van der Waals surface area contributed by atoms with Crippen LogP contribution in [0.25, 0.3) is 0 Å². The number of carbonyl (C=O) groups is 2. The van der Waals surface area contributed by atoms with Crippen LogP contribution in [0.3, 0.4) is 0 Å². The second-order valence-corrected chi connectivity index (χ2v) is 7.77. The molecule has 2 fully saturated rings. The molecule has 2 amide bonds. The molecule has 2 aliphatic rings. The SMILES string of the molecule is CCC[C@@H](C)N1CC2(CCN(C(=O)c3snnc3CC)CC2)OC1=O. The monoisotopic (exact) mass is 366 g/mol. The summed E-state index contributed by atoms with van der Waals surface area (Å²) in [4.78, 5) is 29.3. The molecule has 7 nitrogen and oxygen atoms in total. The maximum atomic E-state index is 12.7. The molecule has 1 atom stereocenters. The van der Waals surface area contributed by atoms with Crippen molar-refractivity contribution in [2.45, 2.75) is 64.5 Å². The van der Waals surface area contributed by atoms with E-state index in [0.29, 0.717) is 43.8 Å². The van der Waals surface area contributed by atoms with Crippen molar-refractivity contribution in [2.75, 3.05) is 19.6 Å². The van der Waals surface area contributed by atoms with Crippen molar-refractivity contribution in [1.29, 1.82) is 0 Å². The van der Waals surface area contributed by atoms with Gasteiger partial charge < -0.3 is 14.5 Å². The number of amides is 2. The number of rotatable bonds is 5. The minimum Gasteiger partial charge on any atom is -0.441 e. The van der Waals surface area contributed by atoms with E-state index in [4.69, 9.17) is 4.74 Å². The summed E-state index contributed by atoms with van der Waals surface area (Å²) in [5.74, 6) is 0.00207. The average Bonchev–Trinajstić information content (AvgIpc) is 3.20. The van der Waals surface area contributed by atoms with Crippen LogP contribution in [0.5, 0.6) is 0 Å². The van der Waals surface area contributed by atoms with Crippen LogP contribution in [-0.4, -0.2) is 62.7 Å². The quantitative estimate of drug-likeness (QED) is 0.801. The van der Waals surface area contributed by atoms with Crippen LogP contribution >= 0.6 is 11.5 Å². The summed E-state index contributed by atoms with van der Waals surface area (Å²) in [7, 11) is 0. The zero-order valence-corrected chi connectivity index (χ0v) is 16.0. The third kappa shape index (κ3) is 3.49. The van der Waals surface area contributed by atoms with Gasteiger partial charge in [-0.1, -0.05) is 24.8 Å². The van der Waals surface area contributed by atoms with Crippen LogP contribution in [0.1, 0.15) is 61.8 Å². The maximum absolute atomic E-state index is 12.7. The van der Waals surface area contributed by atoms with Gasteiger partial charge in [0.05, 0.1) is 12.2 Å². The van der Waals surface area contributed by atoms with Crippen molar-refractivity contribution < 1.29 is 14.3 Å². The number of piperidine rings is 1. The smallest absolute Gasteiger partial charge is 0.410 e. The molecule has 1 spiro atoms. The van der Waals surface area contributed by atoms with Crippen molar-refractivity contribution in [3.8, 4) is 0 Å². The highest BCUT2D eigenvalue weighted by Gasteiger charge is 2.48. The van der Waals surface area contributed by atoms with E-state index >= 15 is 0 Å². The van der Waals surface area contributed by atoms with Gasteiger partial charge in [-0.3, -0.25) is 4.79 Å². The van der Waals surface area contributed by atoms with E-state index < -0.39 is 5.60 Å². The fraction of sp³-hybridized carbons (Fsp3) is 0.765. The minimum atomic E-state index is -0.435. The molecule has 8 heteroatoms. The van der Waals surface area contributed by atoms with E-state index in [2.05, 4.69) is 23.4 Å². The fourth-order valence-corrected chi connectivity index (χ4v) is 4.40. The van der Waals surface area contributed by atoms with Gasteiger partial charge in [-0.05, 0) is 31.3 Å². The molecule has 3 rings (SSSR count). The standard InChI is InChI=1S/C17H26N4O3S/c1-4-6-12(3)21-11-17(24-16(21)23)7-9-20(10-8-17)15(22)14-13(5-2)18-19-25-14/h12H,4-11H2,1-3H3/t12-/m1/s1. The molecule has 2 saturated heterocycles. The molecular weight excluding hydrogens is 340 g/mol. The van der Waals surface area contributed by atoms with Gasteiger partial charge in [-0.15, -0.1) is 5.10 Å². The van der Waals surface area contributed by atoms with Crippen molar-refractivity contribution in [2.24, 2.45) is 0 Å². The van der Waals surface area contributed by atoms with Gasteiger partial charge in [0, 0.05) is 32.0 Å². The first-order valence-electron chi connectivity index (χ1n) is 9.09. The Balaban J connectivity index is 1.62. The van der Waals surface area contributed by atoms with E-state index in [0.717, 1.165) is 30.1 Å². The topological polar surface area (TPSA) is 75.6 Å². The molecule has 25 heavy (non-hydrogen) atoms. The van der Waals surface area contributed by atoms with Crippen LogP contribution in [-0.2, 0) is 11.2 Å². The number of aromatic nitrogens is 2. The summed E-state index contributed by atoms with van der Waals surface area (Å²) < 4.78 is 9.67. The summed E-state index contributed by atoms with van der Waals surface area (Å²) in [6.07, 6.45) is 3.90. The van der Waals surface area contributed by atoms with E-state index in [1.54, 1.807) is 0 Å². The molecule has 0 bridgehead atoms. The molecule has 138 valence electrons. The van der Waals surface area contributed by atoms with Crippen LogP contribution in [0, 0.1) is 0 Å². The van der Waals surface area contributed by atoms with Crippen molar-refractivity contribution >= 4 is 23.5 Å². The highest BCUT2D eigenvalue weighted by atomic mass is 32.1. The van der Waals surface area contributed by atoms with Crippen molar-refractivity contribution in [3.05, 3.63) is 10.6 Å². The highest BCUT2D eigenvalue weighted by molar-refractivity contribution is 7.08. The van der Waals surface area contributed by atoms with Crippen LogP contribution < -0.4 is 0 Å². The van der Waals surface area contributed by atoms with Crippen molar-refractivity contribution in [3.63, 3.8) is 0 Å². The van der Waals surface area contributed by atoms with Crippen LogP contribution in [0.2, 0.25) is 0 Å². The number of ether oxygens (including phenoxy) is 1. The van der Waals surface area contributed by atoms with Crippen LogP contribution in [0.4, 0.5) is 4.79 Å². The summed E-state index contributed by atoms with van der Waals surface area (Å²) >= 11 is 1.16. The molecule has 0 aromatic carbocycles. The zero-order valence-electron chi connectivity index (χ0n) is 15.2. The molecule has 0 radical (unpaired) electrons. The predicted octanol–water partition coefficient (Wildman–Crippen LogP) is 2.72. The lowest BCUT2D eigenvalue weighted by Crippen LogP contribution is -2.49. The first-order chi connectivity index (χ1) is 12.0. The Morgan fingerprint density at radius 2 is 2.08 bits per heavy atom. The summed E-state index contributed by atoms with van der Waals surface area (Å²) in [5, 5.41) is 4.02. The molecule has 3 heterocycles. The first kappa shape index (κ1) is 18.1. The normalized spacial score (nSPS) is 20.8. The third-order valence-corrected chi connectivity index (χ3v) is 6.04. The number of hydrogen-bond acceptors (Lipinski definition) is 6. The second-order valence-electron chi connectivity index (χ2n) is 7.01.